The Morgan fingerprint density at radius 2 is 2.00 bits per heavy atom. The summed E-state index contributed by atoms with van der Waals surface area (Å²) >= 11 is 5.92. The SMILES string of the molecule is Cc1ccc2c(=O)c(C(=O)c3cccc(Cl)c3)cn(CC(N)=O)c2n1. The Kier molecular flexibility index (Phi) is 4.37. The van der Waals surface area contributed by atoms with Crippen molar-refractivity contribution in [1.29, 1.82) is 0 Å². The van der Waals surface area contributed by atoms with E-state index in [4.69, 9.17) is 17.3 Å². The molecule has 2 heterocycles. The molecule has 0 bridgehead atoms. The minimum Gasteiger partial charge on any atom is -0.368 e. The van der Waals surface area contributed by atoms with Gasteiger partial charge in [-0.05, 0) is 31.2 Å². The summed E-state index contributed by atoms with van der Waals surface area (Å²) in [7, 11) is 0. The number of rotatable bonds is 4. The summed E-state index contributed by atoms with van der Waals surface area (Å²) in [6.45, 7) is 1.58. The van der Waals surface area contributed by atoms with Gasteiger partial charge in [0.1, 0.15) is 12.2 Å². The molecule has 1 amide bonds. The van der Waals surface area contributed by atoms with E-state index in [0.29, 0.717) is 16.4 Å². The van der Waals surface area contributed by atoms with Crippen LogP contribution >= 0.6 is 11.6 Å². The van der Waals surface area contributed by atoms with Gasteiger partial charge in [0.2, 0.25) is 11.3 Å². The van der Waals surface area contributed by atoms with Gasteiger partial charge in [-0.1, -0.05) is 23.7 Å². The lowest BCUT2D eigenvalue weighted by Gasteiger charge is -2.11. The second-order valence-corrected chi connectivity index (χ2v) is 6.07. The van der Waals surface area contributed by atoms with Crippen LogP contribution in [0.15, 0.2) is 47.4 Å². The average Bonchev–Trinajstić information content (AvgIpc) is 2.56. The van der Waals surface area contributed by atoms with Crippen LogP contribution < -0.4 is 11.2 Å². The molecule has 0 fully saturated rings. The van der Waals surface area contributed by atoms with E-state index >= 15 is 0 Å². The van der Waals surface area contributed by atoms with Crippen molar-refractivity contribution >= 4 is 34.3 Å². The number of fused-ring (bicyclic) bond motifs is 1. The van der Waals surface area contributed by atoms with Crippen molar-refractivity contribution in [3.05, 3.63) is 74.7 Å². The normalized spacial score (nSPS) is 10.8. The average molecular weight is 356 g/mol. The van der Waals surface area contributed by atoms with Crippen molar-refractivity contribution < 1.29 is 9.59 Å². The van der Waals surface area contributed by atoms with Gasteiger partial charge in [0.25, 0.3) is 0 Å². The summed E-state index contributed by atoms with van der Waals surface area (Å²) in [6, 6.07) is 9.58. The molecule has 0 aliphatic rings. The molecule has 0 spiro atoms. The van der Waals surface area contributed by atoms with Gasteiger partial charge < -0.3 is 10.3 Å². The number of primary amides is 1. The second-order valence-electron chi connectivity index (χ2n) is 5.63. The molecule has 126 valence electrons. The minimum atomic E-state index is -0.602. The predicted molar refractivity (Wildman–Crippen MR) is 94.8 cm³/mol. The van der Waals surface area contributed by atoms with Gasteiger partial charge in [-0.15, -0.1) is 0 Å². The Morgan fingerprint density at radius 3 is 2.68 bits per heavy atom. The van der Waals surface area contributed by atoms with Crippen molar-refractivity contribution in [2.24, 2.45) is 5.73 Å². The first-order chi connectivity index (χ1) is 11.9. The van der Waals surface area contributed by atoms with E-state index in [9.17, 15) is 14.4 Å². The van der Waals surface area contributed by atoms with Crippen LogP contribution in [0, 0.1) is 6.92 Å². The van der Waals surface area contributed by atoms with Crippen LogP contribution in [0.1, 0.15) is 21.6 Å². The Labute approximate surface area is 147 Å². The predicted octanol–water partition coefficient (Wildman–Crippen LogP) is 2.07. The second kappa shape index (κ2) is 6.49. The number of nitrogens with zero attached hydrogens (tertiary/aromatic N) is 2. The molecule has 25 heavy (non-hydrogen) atoms. The molecular formula is C18H14ClN3O3. The number of carbonyl (C=O) groups is 2. The van der Waals surface area contributed by atoms with Crippen molar-refractivity contribution in [1.82, 2.24) is 9.55 Å². The maximum atomic E-state index is 12.8. The number of benzene rings is 1. The highest BCUT2D eigenvalue weighted by atomic mass is 35.5. The molecule has 0 atom stereocenters. The zero-order chi connectivity index (χ0) is 18.1. The summed E-state index contributed by atoms with van der Waals surface area (Å²) in [5, 5.41) is 0.640. The standard InChI is InChI=1S/C18H14ClN3O3/c1-10-5-6-13-17(25)14(8-22(9-15(20)23)18(13)21-10)16(24)11-3-2-4-12(19)7-11/h2-8H,9H2,1H3,(H2,20,23). The van der Waals surface area contributed by atoms with Crippen molar-refractivity contribution in [3.8, 4) is 0 Å². The Bertz CT molecular complexity index is 1070. The van der Waals surface area contributed by atoms with Crippen molar-refractivity contribution in [3.63, 3.8) is 0 Å². The molecule has 3 aromatic rings. The lowest BCUT2D eigenvalue weighted by atomic mass is 10.0. The van der Waals surface area contributed by atoms with E-state index in [1.807, 2.05) is 0 Å². The number of hydrogen-bond acceptors (Lipinski definition) is 4. The molecule has 2 aromatic heterocycles. The summed E-state index contributed by atoms with van der Waals surface area (Å²) in [4.78, 5) is 41.2. The number of carbonyl (C=O) groups excluding carboxylic acids is 2. The molecule has 0 aliphatic carbocycles. The van der Waals surface area contributed by atoms with Gasteiger partial charge in [-0.2, -0.15) is 0 Å². The topological polar surface area (TPSA) is 95.0 Å². The van der Waals surface area contributed by atoms with Gasteiger partial charge in [-0.3, -0.25) is 14.4 Å². The van der Waals surface area contributed by atoms with Gasteiger partial charge in [-0.25, -0.2) is 4.98 Å². The smallest absolute Gasteiger partial charge is 0.237 e. The zero-order valence-electron chi connectivity index (χ0n) is 13.3. The van der Waals surface area contributed by atoms with Crippen LogP contribution in [-0.4, -0.2) is 21.2 Å². The molecule has 0 aliphatic heterocycles. The Hall–Kier alpha value is -2.99. The van der Waals surface area contributed by atoms with E-state index in [1.165, 1.54) is 16.8 Å². The maximum absolute atomic E-state index is 12.8. The number of aromatic nitrogens is 2. The summed E-state index contributed by atoms with van der Waals surface area (Å²) < 4.78 is 1.42. The molecular weight excluding hydrogens is 342 g/mol. The number of hydrogen-bond donors (Lipinski definition) is 1. The van der Waals surface area contributed by atoms with Crippen LogP contribution in [0.3, 0.4) is 0 Å². The summed E-state index contributed by atoms with van der Waals surface area (Å²) in [6.07, 6.45) is 1.32. The van der Waals surface area contributed by atoms with Crippen LogP contribution in [0.25, 0.3) is 11.0 Å². The number of ketones is 1. The van der Waals surface area contributed by atoms with E-state index in [-0.39, 0.29) is 23.1 Å². The Balaban J connectivity index is 2.27. The molecule has 2 N–H and O–H groups in total. The fourth-order valence-electron chi connectivity index (χ4n) is 2.60. The first kappa shape index (κ1) is 16.9. The fraction of sp³-hybridized carbons (Fsp3) is 0.111. The van der Waals surface area contributed by atoms with Gasteiger partial charge in [0, 0.05) is 22.5 Å². The first-order valence-electron chi connectivity index (χ1n) is 7.46. The van der Waals surface area contributed by atoms with E-state index in [2.05, 4.69) is 4.98 Å². The summed E-state index contributed by atoms with van der Waals surface area (Å²) in [5.74, 6) is -1.08. The molecule has 7 heteroatoms. The monoisotopic (exact) mass is 355 g/mol. The van der Waals surface area contributed by atoms with E-state index in [0.717, 1.165) is 0 Å². The van der Waals surface area contributed by atoms with Gasteiger partial charge in [0.15, 0.2) is 5.78 Å². The number of pyridine rings is 2. The Morgan fingerprint density at radius 1 is 1.24 bits per heavy atom. The largest absolute Gasteiger partial charge is 0.368 e. The molecule has 1 aromatic carbocycles. The van der Waals surface area contributed by atoms with E-state index < -0.39 is 17.1 Å². The van der Waals surface area contributed by atoms with Gasteiger partial charge in [0.05, 0.1) is 10.9 Å². The fourth-order valence-corrected chi connectivity index (χ4v) is 2.79. The third kappa shape index (κ3) is 3.29. The maximum Gasteiger partial charge on any atom is 0.237 e. The molecule has 0 saturated carbocycles. The van der Waals surface area contributed by atoms with Crippen molar-refractivity contribution in [2.45, 2.75) is 13.5 Å². The van der Waals surface area contributed by atoms with Gasteiger partial charge >= 0.3 is 0 Å². The zero-order valence-corrected chi connectivity index (χ0v) is 14.1. The highest BCUT2D eigenvalue weighted by Gasteiger charge is 2.18. The molecule has 0 radical (unpaired) electrons. The highest BCUT2D eigenvalue weighted by Crippen LogP contribution is 2.16. The lowest BCUT2D eigenvalue weighted by Crippen LogP contribution is -2.25. The van der Waals surface area contributed by atoms with Crippen molar-refractivity contribution in [2.75, 3.05) is 0 Å². The first-order valence-corrected chi connectivity index (χ1v) is 7.84. The van der Waals surface area contributed by atoms with Crippen LogP contribution in [0.4, 0.5) is 0 Å². The molecule has 6 nitrogen and oxygen atoms in total. The lowest BCUT2D eigenvalue weighted by molar-refractivity contribution is -0.118. The molecule has 0 unspecified atom stereocenters. The third-order valence-electron chi connectivity index (χ3n) is 3.72. The molecule has 3 rings (SSSR count). The number of nitrogens with two attached hydrogens (primary N) is 1. The number of halogens is 1. The summed E-state index contributed by atoms with van der Waals surface area (Å²) in [5.41, 5.74) is 6.04. The number of amides is 1. The van der Waals surface area contributed by atoms with Crippen LogP contribution in [0.2, 0.25) is 5.02 Å². The highest BCUT2D eigenvalue weighted by molar-refractivity contribution is 6.31. The van der Waals surface area contributed by atoms with Crippen LogP contribution in [-0.2, 0) is 11.3 Å². The number of aryl methyl sites for hydroxylation is 1. The quantitative estimate of drug-likeness (QED) is 0.725. The third-order valence-corrected chi connectivity index (χ3v) is 3.95. The van der Waals surface area contributed by atoms with Crippen LogP contribution in [0.5, 0.6) is 0 Å². The minimum absolute atomic E-state index is 0.0679. The molecule has 0 saturated heterocycles. The van der Waals surface area contributed by atoms with E-state index in [1.54, 1.807) is 37.3 Å².